The molecule has 3 rings (SSSR count). The predicted molar refractivity (Wildman–Crippen MR) is 112 cm³/mol. The van der Waals surface area contributed by atoms with Crippen LogP contribution in [0.25, 0.3) is 22.3 Å². The first-order valence-corrected chi connectivity index (χ1v) is 10.2. The predicted octanol–water partition coefficient (Wildman–Crippen LogP) is 3.94. The zero-order valence-electron chi connectivity index (χ0n) is 16.6. The van der Waals surface area contributed by atoms with Crippen LogP contribution < -0.4 is 14.8 Å². The van der Waals surface area contributed by atoms with Crippen molar-refractivity contribution in [1.29, 1.82) is 5.26 Å². The van der Waals surface area contributed by atoms with Crippen LogP contribution in [0, 0.1) is 11.3 Å². The number of aromatic nitrogens is 3. The molecule has 2 heterocycles. The van der Waals surface area contributed by atoms with Gasteiger partial charge in [0.1, 0.15) is 18.3 Å². The third-order valence-corrected chi connectivity index (χ3v) is 5.34. The van der Waals surface area contributed by atoms with Gasteiger partial charge in [-0.25, -0.2) is 9.97 Å². The van der Waals surface area contributed by atoms with Crippen LogP contribution in [0.5, 0.6) is 11.5 Å². The summed E-state index contributed by atoms with van der Waals surface area (Å²) < 4.78 is 47.4. The van der Waals surface area contributed by atoms with E-state index in [2.05, 4.69) is 15.0 Å². The molecule has 1 aromatic carbocycles. The summed E-state index contributed by atoms with van der Waals surface area (Å²) in [6.45, 7) is -1.43. The number of ether oxygens (including phenoxy) is 2. The number of alkyl halides is 3. The summed E-state index contributed by atoms with van der Waals surface area (Å²) in [6.07, 6.45) is -3.06. The van der Waals surface area contributed by atoms with Crippen molar-refractivity contribution >= 4 is 40.3 Å². The fraction of sp³-hybridized carbons (Fsp3) is 0.263. The average molecular weight is 486 g/mol. The van der Waals surface area contributed by atoms with E-state index in [-0.39, 0.29) is 27.2 Å². The number of nitriles is 1. The number of nitrogens with one attached hydrogen (secondary N) is 2. The van der Waals surface area contributed by atoms with Gasteiger partial charge < -0.3 is 19.8 Å². The van der Waals surface area contributed by atoms with Crippen molar-refractivity contribution in [2.45, 2.75) is 11.3 Å². The molecule has 8 nitrogen and oxygen atoms in total. The number of amides is 1. The van der Waals surface area contributed by atoms with Gasteiger partial charge >= 0.3 is 6.18 Å². The van der Waals surface area contributed by atoms with E-state index in [1.54, 1.807) is 11.4 Å². The first-order chi connectivity index (χ1) is 15.2. The van der Waals surface area contributed by atoms with E-state index in [9.17, 15) is 23.2 Å². The number of nitrogens with zero attached hydrogens (tertiary/aromatic N) is 3. The molecule has 32 heavy (non-hydrogen) atoms. The summed E-state index contributed by atoms with van der Waals surface area (Å²) in [4.78, 5) is 23.3. The number of hydrogen-bond acceptors (Lipinski definition) is 7. The largest absolute Gasteiger partial charge is 0.493 e. The highest BCUT2D eigenvalue weighted by atomic mass is 35.5. The molecule has 168 valence electrons. The topological polar surface area (TPSA) is 113 Å². The number of rotatable bonds is 7. The van der Waals surface area contributed by atoms with Crippen molar-refractivity contribution in [1.82, 2.24) is 20.3 Å². The average Bonchev–Trinajstić information content (AvgIpc) is 3.18. The van der Waals surface area contributed by atoms with Gasteiger partial charge in [0.2, 0.25) is 5.91 Å². The molecule has 0 saturated heterocycles. The van der Waals surface area contributed by atoms with E-state index in [4.69, 9.17) is 21.1 Å². The van der Waals surface area contributed by atoms with E-state index in [1.165, 1.54) is 26.5 Å². The number of hydrogen-bond donors (Lipinski definition) is 2. The molecule has 0 radical (unpaired) electrons. The SMILES string of the molecule is COc1cc(Cl)c(-c2nc(SCC(=O)NCC(F)(F)F)nc3[nH]cc(C#N)c23)cc1OC. The van der Waals surface area contributed by atoms with Gasteiger partial charge in [-0.3, -0.25) is 4.79 Å². The minimum atomic E-state index is -4.51. The second-order valence-corrected chi connectivity index (χ2v) is 7.61. The molecule has 0 aliphatic heterocycles. The number of halogens is 4. The van der Waals surface area contributed by atoms with E-state index in [0.717, 1.165) is 11.8 Å². The van der Waals surface area contributed by atoms with Crippen molar-refractivity contribution in [2.75, 3.05) is 26.5 Å². The zero-order chi connectivity index (χ0) is 23.5. The van der Waals surface area contributed by atoms with Gasteiger partial charge in [0.15, 0.2) is 16.7 Å². The Morgan fingerprint density at radius 1 is 1.28 bits per heavy atom. The lowest BCUT2D eigenvalue weighted by Crippen LogP contribution is -2.34. The van der Waals surface area contributed by atoms with Crippen LogP contribution >= 0.6 is 23.4 Å². The lowest BCUT2D eigenvalue weighted by molar-refractivity contribution is -0.136. The Morgan fingerprint density at radius 2 is 1.97 bits per heavy atom. The van der Waals surface area contributed by atoms with E-state index in [0.29, 0.717) is 28.1 Å². The van der Waals surface area contributed by atoms with Crippen LogP contribution in [0.1, 0.15) is 5.56 Å². The number of benzene rings is 1. The lowest BCUT2D eigenvalue weighted by atomic mass is 10.1. The number of thioether (sulfide) groups is 1. The summed E-state index contributed by atoms with van der Waals surface area (Å²) in [6, 6.07) is 5.16. The second kappa shape index (κ2) is 9.54. The molecular formula is C19H15ClF3N5O3S. The summed E-state index contributed by atoms with van der Waals surface area (Å²) in [5.41, 5.74) is 1.27. The van der Waals surface area contributed by atoms with Gasteiger partial charge in [0.05, 0.1) is 41.6 Å². The summed E-state index contributed by atoms with van der Waals surface area (Å²) in [5, 5.41) is 12.0. The Balaban J connectivity index is 2.02. The first-order valence-electron chi connectivity index (χ1n) is 8.84. The lowest BCUT2D eigenvalue weighted by Gasteiger charge is -2.13. The maximum absolute atomic E-state index is 12.3. The molecule has 0 unspecified atom stereocenters. The van der Waals surface area contributed by atoms with Crippen LogP contribution in [-0.4, -0.2) is 53.6 Å². The maximum Gasteiger partial charge on any atom is 0.405 e. The number of fused-ring (bicyclic) bond motifs is 1. The molecule has 2 aromatic heterocycles. The highest BCUT2D eigenvalue weighted by Crippen LogP contribution is 2.40. The zero-order valence-corrected chi connectivity index (χ0v) is 18.2. The Hall–Kier alpha value is -3.17. The highest BCUT2D eigenvalue weighted by Gasteiger charge is 2.27. The fourth-order valence-electron chi connectivity index (χ4n) is 2.78. The van der Waals surface area contributed by atoms with Gasteiger partial charge in [0, 0.05) is 17.8 Å². The van der Waals surface area contributed by atoms with Crippen LogP contribution in [0.15, 0.2) is 23.5 Å². The second-order valence-electron chi connectivity index (χ2n) is 6.26. The third-order valence-electron chi connectivity index (χ3n) is 4.18. The quantitative estimate of drug-likeness (QED) is 0.385. The Morgan fingerprint density at radius 3 is 2.59 bits per heavy atom. The van der Waals surface area contributed by atoms with E-state index in [1.807, 2.05) is 6.07 Å². The Bertz CT molecular complexity index is 1210. The molecule has 13 heteroatoms. The molecule has 0 bridgehead atoms. The number of carbonyl (C=O) groups is 1. The van der Waals surface area contributed by atoms with Gasteiger partial charge in [-0.1, -0.05) is 23.4 Å². The Kier molecular flexibility index (Phi) is 7.00. The van der Waals surface area contributed by atoms with Gasteiger partial charge in [-0.2, -0.15) is 18.4 Å². The molecule has 2 N–H and O–H groups in total. The summed E-state index contributed by atoms with van der Waals surface area (Å²) in [7, 11) is 2.90. The van der Waals surface area contributed by atoms with Gasteiger partial charge in [-0.15, -0.1) is 0 Å². The van der Waals surface area contributed by atoms with Crippen LogP contribution in [0.2, 0.25) is 5.02 Å². The Labute approximate surface area is 189 Å². The molecular weight excluding hydrogens is 471 g/mol. The standard InChI is InChI=1S/C19H15ClF3N5O3S/c1-30-12-3-10(11(20)4-13(12)31-2)16-15-9(5-24)6-25-17(15)28-18(27-16)32-7-14(29)26-8-19(21,22)23/h3-4,6H,7-8H2,1-2H3,(H,26,29)(H,25,27,28). The summed E-state index contributed by atoms with van der Waals surface area (Å²) in [5.74, 6) is -0.414. The van der Waals surface area contributed by atoms with Crippen molar-refractivity contribution in [3.8, 4) is 28.8 Å². The van der Waals surface area contributed by atoms with Crippen molar-refractivity contribution < 1.29 is 27.4 Å². The molecule has 1 amide bonds. The monoisotopic (exact) mass is 485 g/mol. The fourth-order valence-corrected chi connectivity index (χ4v) is 3.69. The molecule has 0 saturated carbocycles. The number of H-pyrrole nitrogens is 1. The molecule has 3 aromatic rings. The maximum atomic E-state index is 12.3. The number of aromatic amines is 1. The molecule has 0 spiro atoms. The minimum absolute atomic E-state index is 0.104. The van der Waals surface area contributed by atoms with Crippen molar-refractivity contribution in [3.63, 3.8) is 0 Å². The molecule has 0 aliphatic rings. The summed E-state index contributed by atoms with van der Waals surface area (Å²) >= 11 is 7.27. The van der Waals surface area contributed by atoms with Gasteiger partial charge in [-0.05, 0) is 6.07 Å². The van der Waals surface area contributed by atoms with Gasteiger partial charge in [0.25, 0.3) is 0 Å². The molecule has 0 aliphatic carbocycles. The van der Waals surface area contributed by atoms with Crippen LogP contribution in [-0.2, 0) is 4.79 Å². The highest BCUT2D eigenvalue weighted by molar-refractivity contribution is 7.99. The van der Waals surface area contributed by atoms with Crippen molar-refractivity contribution in [2.24, 2.45) is 0 Å². The van der Waals surface area contributed by atoms with Crippen LogP contribution in [0.3, 0.4) is 0 Å². The van der Waals surface area contributed by atoms with E-state index >= 15 is 0 Å². The number of methoxy groups -OCH3 is 2. The normalized spacial score (nSPS) is 11.3. The molecule has 0 atom stereocenters. The third kappa shape index (κ3) is 5.17. The number of carbonyl (C=O) groups excluding carboxylic acids is 1. The van der Waals surface area contributed by atoms with E-state index < -0.39 is 18.6 Å². The molecule has 0 fully saturated rings. The first kappa shape index (κ1) is 23.5. The van der Waals surface area contributed by atoms with Crippen LogP contribution in [0.4, 0.5) is 13.2 Å². The smallest absolute Gasteiger partial charge is 0.405 e. The van der Waals surface area contributed by atoms with Crippen molar-refractivity contribution in [3.05, 3.63) is 28.9 Å². The minimum Gasteiger partial charge on any atom is -0.493 e.